The molecule has 7 aromatic carbocycles. The Morgan fingerprint density at radius 1 is 0.554 bits per heavy atom. The summed E-state index contributed by atoms with van der Waals surface area (Å²) in [5.74, 6) is 0. The molecule has 2 aromatic heterocycles. The third-order valence-corrected chi connectivity index (χ3v) is 12.4. The van der Waals surface area contributed by atoms with Gasteiger partial charge in [-0.25, -0.2) is 0 Å². The fourth-order valence-corrected chi connectivity index (χ4v) is 9.78. The van der Waals surface area contributed by atoms with Gasteiger partial charge < -0.3 is 9.13 Å². The number of hydrogen-bond acceptors (Lipinski definition) is 1. The number of fused-ring (bicyclic) bond motifs is 10. The molecule has 0 N–H and O–H groups in total. The number of hydrogen-bond donors (Lipinski definition) is 0. The second kappa shape index (κ2) is 12.4. The molecule has 0 atom stereocenters. The zero-order valence-corrected chi connectivity index (χ0v) is 31.9. The summed E-state index contributed by atoms with van der Waals surface area (Å²) >= 11 is 0. The lowest BCUT2D eigenvalue weighted by Crippen LogP contribution is -2.16. The topological polar surface area (TPSA) is 22.2 Å². The Morgan fingerprint density at radius 3 is 1.88 bits per heavy atom. The van der Waals surface area contributed by atoms with Crippen molar-refractivity contribution in [3.63, 3.8) is 0 Å². The number of benzene rings is 7. The molecule has 56 heavy (non-hydrogen) atoms. The first-order chi connectivity index (χ1) is 27.5. The Kier molecular flexibility index (Phi) is 7.25. The Bertz CT molecular complexity index is 3110. The van der Waals surface area contributed by atoms with Crippen LogP contribution in [0.25, 0.3) is 71.8 Å². The van der Waals surface area contributed by atoms with Gasteiger partial charge in [-0.05, 0) is 76.2 Å². The third-order valence-electron chi connectivity index (χ3n) is 12.4. The molecule has 268 valence electrons. The van der Waals surface area contributed by atoms with E-state index < -0.39 is 0 Å². The minimum absolute atomic E-state index is 0.160. The highest BCUT2D eigenvalue weighted by molar-refractivity contribution is 6.14. The molecule has 0 saturated carbocycles. The van der Waals surface area contributed by atoms with Crippen LogP contribution in [0.5, 0.6) is 0 Å². The van der Waals surface area contributed by atoms with E-state index in [0.29, 0.717) is 0 Å². The van der Waals surface area contributed by atoms with Crippen molar-refractivity contribution in [2.24, 2.45) is 4.99 Å². The van der Waals surface area contributed by atoms with Crippen LogP contribution in [-0.2, 0) is 5.41 Å². The lowest BCUT2D eigenvalue weighted by Gasteiger charge is -2.23. The van der Waals surface area contributed by atoms with Crippen LogP contribution in [0, 0.1) is 0 Å². The maximum Gasteiger partial charge on any atom is 0.0727 e. The quantitative estimate of drug-likeness (QED) is 0.169. The van der Waals surface area contributed by atoms with Gasteiger partial charge in [0.2, 0.25) is 0 Å². The van der Waals surface area contributed by atoms with Gasteiger partial charge in [0, 0.05) is 50.3 Å². The van der Waals surface area contributed by atoms with Crippen molar-refractivity contribution in [3.8, 4) is 16.8 Å². The SMILES string of the molecule is CCC1=C(n2c3ccccc3c3ccccc32)C=C(c2cccc(-n3c4ccccc4c4ccc5c(c43)C(C)(C)c3ccccc3-5)c2)N=C(c2ccccc2)C1. The molecule has 0 saturated heterocycles. The zero-order chi connectivity index (χ0) is 37.5. The molecule has 0 radical (unpaired) electrons. The molecule has 11 rings (SSSR count). The van der Waals surface area contributed by atoms with Gasteiger partial charge in [-0.2, -0.15) is 0 Å². The molecular formula is C53H41N3. The van der Waals surface area contributed by atoms with E-state index in [4.69, 9.17) is 4.99 Å². The summed E-state index contributed by atoms with van der Waals surface area (Å²) in [6.45, 7) is 7.06. The first-order valence-electron chi connectivity index (χ1n) is 19.8. The smallest absolute Gasteiger partial charge is 0.0727 e. The van der Waals surface area contributed by atoms with Crippen LogP contribution in [0.15, 0.2) is 180 Å². The van der Waals surface area contributed by atoms with Crippen molar-refractivity contribution in [1.29, 1.82) is 0 Å². The molecule has 2 aliphatic rings. The van der Waals surface area contributed by atoms with E-state index in [9.17, 15) is 0 Å². The molecule has 9 aromatic rings. The van der Waals surface area contributed by atoms with E-state index in [1.807, 2.05) is 0 Å². The summed E-state index contributed by atoms with van der Waals surface area (Å²) in [6, 6.07) is 59.9. The first-order valence-corrected chi connectivity index (χ1v) is 19.8. The Hall–Kier alpha value is -6.71. The van der Waals surface area contributed by atoms with Gasteiger partial charge in [0.05, 0.1) is 33.5 Å². The Balaban J connectivity index is 1.18. The third kappa shape index (κ3) is 4.73. The van der Waals surface area contributed by atoms with Crippen molar-refractivity contribution in [1.82, 2.24) is 9.13 Å². The maximum atomic E-state index is 5.60. The molecule has 1 aliphatic heterocycles. The molecule has 0 amide bonds. The van der Waals surface area contributed by atoms with E-state index >= 15 is 0 Å². The van der Waals surface area contributed by atoms with Crippen LogP contribution in [0.4, 0.5) is 0 Å². The van der Waals surface area contributed by atoms with Crippen molar-refractivity contribution >= 4 is 60.7 Å². The van der Waals surface area contributed by atoms with Crippen molar-refractivity contribution < 1.29 is 0 Å². The van der Waals surface area contributed by atoms with Gasteiger partial charge in [-0.1, -0.05) is 154 Å². The summed E-state index contributed by atoms with van der Waals surface area (Å²) in [7, 11) is 0. The minimum atomic E-state index is -0.160. The number of aromatic nitrogens is 2. The minimum Gasteiger partial charge on any atom is -0.309 e. The summed E-state index contributed by atoms with van der Waals surface area (Å²) in [5, 5.41) is 5.08. The highest BCUT2D eigenvalue weighted by Crippen LogP contribution is 2.53. The van der Waals surface area contributed by atoms with Crippen LogP contribution < -0.4 is 0 Å². The van der Waals surface area contributed by atoms with Gasteiger partial charge in [0.1, 0.15) is 0 Å². The Labute approximate surface area is 327 Å². The number of aliphatic imine (C=N–C) groups is 1. The molecule has 3 nitrogen and oxygen atoms in total. The average molecular weight is 720 g/mol. The van der Waals surface area contributed by atoms with Crippen molar-refractivity contribution in [3.05, 3.63) is 198 Å². The summed E-state index contributed by atoms with van der Waals surface area (Å²) in [5.41, 5.74) is 18.2. The highest BCUT2D eigenvalue weighted by Gasteiger charge is 2.38. The second-order valence-electron chi connectivity index (χ2n) is 15.8. The molecule has 3 heterocycles. The van der Waals surface area contributed by atoms with Crippen molar-refractivity contribution in [2.45, 2.75) is 39.0 Å². The molecule has 0 fully saturated rings. The summed E-state index contributed by atoms with van der Waals surface area (Å²) < 4.78 is 4.99. The predicted molar refractivity (Wildman–Crippen MR) is 237 cm³/mol. The Morgan fingerprint density at radius 2 is 1.16 bits per heavy atom. The van der Waals surface area contributed by atoms with Crippen LogP contribution >= 0.6 is 0 Å². The predicted octanol–water partition coefficient (Wildman–Crippen LogP) is 13.8. The van der Waals surface area contributed by atoms with Crippen LogP contribution in [0.3, 0.4) is 0 Å². The fraction of sp³-hybridized carbons (Fsp3) is 0.113. The average Bonchev–Trinajstić information content (AvgIpc) is 3.78. The van der Waals surface area contributed by atoms with E-state index in [-0.39, 0.29) is 5.41 Å². The van der Waals surface area contributed by atoms with E-state index in [1.54, 1.807) is 0 Å². The number of nitrogens with zero attached hydrogens (tertiary/aromatic N) is 3. The van der Waals surface area contributed by atoms with E-state index in [0.717, 1.165) is 41.1 Å². The van der Waals surface area contributed by atoms with Gasteiger partial charge in [-0.15, -0.1) is 0 Å². The number of allylic oxidation sites excluding steroid dienone is 3. The van der Waals surface area contributed by atoms with Crippen molar-refractivity contribution in [2.75, 3.05) is 0 Å². The summed E-state index contributed by atoms with van der Waals surface area (Å²) in [6.07, 6.45) is 4.04. The van der Waals surface area contributed by atoms with Crippen LogP contribution in [0.1, 0.15) is 55.9 Å². The first kappa shape index (κ1) is 32.7. The molecule has 0 spiro atoms. The molecule has 1 aliphatic carbocycles. The molecule has 3 heteroatoms. The van der Waals surface area contributed by atoms with Crippen LogP contribution in [0.2, 0.25) is 0 Å². The number of para-hydroxylation sites is 3. The number of rotatable bonds is 5. The zero-order valence-electron chi connectivity index (χ0n) is 31.9. The highest BCUT2D eigenvalue weighted by atomic mass is 15.0. The maximum absolute atomic E-state index is 5.60. The monoisotopic (exact) mass is 719 g/mol. The van der Waals surface area contributed by atoms with Gasteiger partial charge in [0.15, 0.2) is 0 Å². The van der Waals surface area contributed by atoms with Gasteiger partial charge in [0.25, 0.3) is 0 Å². The second-order valence-corrected chi connectivity index (χ2v) is 15.8. The molecule has 0 bridgehead atoms. The molecular weight excluding hydrogens is 679 g/mol. The van der Waals surface area contributed by atoms with Crippen LogP contribution in [-0.4, -0.2) is 14.8 Å². The largest absolute Gasteiger partial charge is 0.309 e. The lowest BCUT2D eigenvalue weighted by atomic mass is 9.81. The lowest BCUT2D eigenvalue weighted by molar-refractivity contribution is 0.664. The van der Waals surface area contributed by atoms with Gasteiger partial charge >= 0.3 is 0 Å². The fourth-order valence-electron chi connectivity index (χ4n) is 9.78. The molecule has 0 unspecified atom stereocenters. The normalized spacial score (nSPS) is 15.0. The van der Waals surface area contributed by atoms with Gasteiger partial charge in [-0.3, -0.25) is 4.99 Å². The van der Waals surface area contributed by atoms with E-state index in [1.165, 1.54) is 77.1 Å². The standard InChI is InChI=1S/C53H41N3/c1-4-34-32-45(35-17-6-5-7-18-35)54-46(33-50(34)56-48-27-14-9-22-39(48)40-23-10-15-28-49(40)56)36-19-16-20-37(31-36)55-47-26-13-11-24-41(47)43-30-29-42-38-21-8-12-25-44(38)53(2,3)51(42)52(43)55/h5-31,33H,4,32H2,1-3H3. The summed E-state index contributed by atoms with van der Waals surface area (Å²) in [4.78, 5) is 5.60. The van der Waals surface area contributed by atoms with E-state index in [2.05, 4.69) is 200 Å².